The molecule has 14 nitrogen and oxygen atoms in total. The zero-order valence-electron chi connectivity index (χ0n) is 15.9. The monoisotopic (exact) mass is 454 g/mol. The summed E-state index contributed by atoms with van der Waals surface area (Å²) in [6.45, 7) is -0.863. The molecule has 0 spiro atoms. The van der Waals surface area contributed by atoms with Gasteiger partial charge in [-0.2, -0.15) is 0 Å². The van der Waals surface area contributed by atoms with Gasteiger partial charge in [0.25, 0.3) is 0 Å². The zero-order valence-corrected chi connectivity index (χ0v) is 21.9. The molecule has 0 radical (unpaired) electrons. The van der Waals surface area contributed by atoms with Gasteiger partial charge in [0.1, 0.15) is 24.4 Å². The Hall–Kier alpha value is 0.640. The van der Waals surface area contributed by atoms with Crippen LogP contribution in [0.25, 0.3) is 0 Å². The normalized spacial score (nSPS) is 14.0. The van der Waals surface area contributed by atoms with Gasteiger partial charge in [0.2, 0.25) is 0 Å². The Balaban J connectivity index is -0.000000120. The van der Waals surface area contributed by atoms with Gasteiger partial charge in [0, 0.05) is 24.8 Å². The Kier molecular flexibility index (Phi) is 26.7. The molecule has 0 aliphatic heterocycles. The second-order valence-electron chi connectivity index (χ2n) is 4.93. The quantitative estimate of drug-likeness (QED) is 0.151. The van der Waals surface area contributed by atoms with E-state index in [1.54, 1.807) is 0 Å². The summed E-state index contributed by atoms with van der Waals surface area (Å²) in [6, 6.07) is 0. The largest absolute Gasteiger partial charge is 1.00 e. The first-order valence-corrected chi connectivity index (χ1v) is 6.59. The number of carbonyl (C=O) groups is 4. The molecule has 0 saturated heterocycles. The van der Waals surface area contributed by atoms with Gasteiger partial charge in [-0.25, -0.2) is 4.79 Å². The smallest absolute Gasteiger partial charge is 0.550 e. The maximum atomic E-state index is 10.3. The molecule has 17 heteroatoms. The van der Waals surface area contributed by atoms with Crippen molar-refractivity contribution < 1.29 is 159 Å². The number of aliphatic hydroxyl groups is 6. The van der Waals surface area contributed by atoms with Gasteiger partial charge in [-0.15, -0.1) is 0 Å². The number of rotatable bonds is 10. The van der Waals surface area contributed by atoms with Crippen molar-refractivity contribution in [1.29, 1.82) is 0 Å². The summed E-state index contributed by atoms with van der Waals surface area (Å²) in [4.78, 5) is 40.1. The van der Waals surface area contributed by atoms with Crippen molar-refractivity contribution in [3.8, 4) is 0 Å². The molecule has 0 rings (SSSR count). The third-order valence-electron chi connectivity index (χ3n) is 2.77. The first-order chi connectivity index (χ1) is 11.7. The number of hydrogen-bond donors (Lipinski definition) is 7. The van der Waals surface area contributed by atoms with Crippen LogP contribution in [0.15, 0.2) is 0 Å². The van der Waals surface area contributed by atoms with E-state index in [4.69, 9.17) is 35.7 Å². The van der Waals surface area contributed by atoms with Gasteiger partial charge in [-0.05, 0) is 0 Å². The predicted octanol–water partition coefficient (Wildman–Crippen LogP) is -17.7. The molecule has 4 atom stereocenters. The molecule has 0 aromatic carbocycles. The Labute approximate surface area is 230 Å². The zero-order chi connectivity index (χ0) is 21.2. The Bertz CT molecular complexity index is 500. The summed E-state index contributed by atoms with van der Waals surface area (Å²) in [5.74, 6) is -7.63. The van der Waals surface area contributed by atoms with Gasteiger partial charge in [0.05, 0.1) is 12.6 Å². The molecule has 0 amide bonds. The molecular formula is C12H17Na3O14. The molecular weight excluding hydrogens is 437 g/mol. The SMILES string of the molecule is O=C([O-])CC(O)(CC(=O)[O-])C(=O)O.O=C([O-])[C@H](O)[C@@H](O)[C@H](O)[C@H](O)CO.[Na+].[Na+].[Na+]. The van der Waals surface area contributed by atoms with E-state index in [9.17, 15) is 34.5 Å². The van der Waals surface area contributed by atoms with Crippen molar-refractivity contribution in [2.75, 3.05) is 6.61 Å². The van der Waals surface area contributed by atoms with Gasteiger partial charge in [-0.1, -0.05) is 0 Å². The number of aliphatic hydroxyl groups excluding tert-OH is 5. The van der Waals surface area contributed by atoms with E-state index < -0.39 is 73.3 Å². The molecule has 152 valence electrons. The second-order valence-corrected chi connectivity index (χ2v) is 4.93. The maximum Gasteiger partial charge on any atom is 1.00 e. The number of carboxylic acid groups (broad SMARTS) is 4. The Morgan fingerprint density at radius 1 is 0.793 bits per heavy atom. The van der Waals surface area contributed by atoms with Crippen LogP contribution in [0.1, 0.15) is 12.8 Å². The molecule has 0 heterocycles. The third-order valence-corrected chi connectivity index (χ3v) is 2.77. The number of carbonyl (C=O) groups excluding carboxylic acids is 3. The second kappa shape index (κ2) is 19.3. The van der Waals surface area contributed by atoms with E-state index in [1.807, 2.05) is 0 Å². The minimum atomic E-state index is -2.86. The van der Waals surface area contributed by atoms with Crippen LogP contribution >= 0.6 is 0 Å². The fraction of sp³-hybridized carbons (Fsp3) is 0.667. The van der Waals surface area contributed by atoms with E-state index >= 15 is 0 Å². The van der Waals surface area contributed by atoms with Crippen LogP contribution in [0.4, 0.5) is 0 Å². The fourth-order valence-electron chi connectivity index (χ4n) is 1.35. The molecule has 0 saturated carbocycles. The standard InChI is InChI=1S/C6H8O7.C6H12O7.3Na/c7-3(8)1-6(13,5(11)12)2-4(9)10;7-1-2(8)3(9)4(10)5(11)6(12)13;;;/h13H,1-2H2,(H,7,8)(H,9,10)(H,11,12);2-5,7-11H,1H2,(H,12,13);;;/q;;3*+1/p-3/t;2-,3-,4+,5-;;;/m.1.../s1. The van der Waals surface area contributed by atoms with Crippen LogP contribution in [0, 0.1) is 0 Å². The van der Waals surface area contributed by atoms with Crippen molar-refractivity contribution in [2.24, 2.45) is 0 Å². The summed E-state index contributed by atoms with van der Waals surface area (Å²) in [7, 11) is 0. The van der Waals surface area contributed by atoms with Crippen molar-refractivity contribution in [1.82, 2.24) is 0 Å². The third kappa shape index (κ3) is 16.9. The van der Waals surface area contributed by atoms with E-state index in [0.29, 0.717) is 0 Å². The van der Waals surface area contributed by atoms with Crippen LogP contribution in [-0.4, -0.2) is 96.2 Å². The first kappa shape index (κ1) is 40.0. The molecule has 0 aliphatic rings. The number of hydrogen-bond acceptors (Lipinski definition) is 13. The van der Waals surface area contributed by atoms with Crippen LogP contribution in [-0.2, 0) is 19.2 Å². The molecule has 0 unspecified atom stereocenters. The van der Waals surface area contributed by atoms with Crippen molar-refractivity contribution in [2.45, 2.75) is 42.9 Å². The van der Waals surface area contributed by atoms with Gasteiger partial charge < -0.3 is 65.4 Å². The van der Waals surface area contributed by atoms with E-state index in [0.717, 1.165) is 0 Å². The molecule has 0 bridgehead atoms. The van der Waals surface area contributed by atoms with E-state index in [2.05, 4.69) is 0 Å². The number of carboxylic acids is 4. The summed E-state index contributed by atoms with van der Waals surface area (Å²) in [5, 5.41) is 90.6. The minimum Gasteiger partial charge on any atom is -0.550 e. The summed E-state index contributed by atoms with van der Waals surface area (Å²) < 4.78 is 0. The van der Waals surface area contributed by atoms with E-state index in [1.165, 1.54) is 0 Å². The fourth-order valence-corrected chi connectivity index (χ4v) is 1.35. The predicted molar refractivity (Wildman–Crippen MR) is 68.0 cm³/mol. The summed E-state index contributed by atoms with van der Waals surface area (Å²) in [6.07, 6.45) is -10.7. The van der Waals surface area contributed by atoms with Crippen molar-refractivity contribution in [3.05, 3.63) is 0 Å². The first-order valence-electron chi connectivity index (χ1n) is 6.59. The molecule has 0 fully saturated rings. The molecule has 7 N–H and O–H groups in total. The van der Waals surface area contributed by atoms with E-state index in [-0.39, 0.29) is 88.7 Å². The van der Waals surface area contributed by atoms with Crippen molar-refractivity contribution >= 4 is 23.9 Å². The van der Waals surface area contributed by atoms with Gasteiger partial charge >= 0.3 is 94.6 Å². The topological polar surface area (TPSA) is 279 Å². The molecule has 0 aliphatic carbocycles. The average Bonchev–Trinajstić information content (AvgIpc) is 2.50. The maximum absolute atomic E-state index is 10.3. The number of aliphatic carboxylic acids is 4. The molecule has 0 aromatic rings. The van der Waals surface area contributed by atoms with Crippen LogP contribution in [0.3, 0.4) is 0 Å². The summed E-state index contributed by atoms with van der Waals surface area (Å²) in [5.41, 5.74) is -2.86. The van der Waals surface area contributed by atoms with Crippen LogP contribution in [0.5, 0.6) is 0 Å². The minimum absolute atomic E-state index is 0. The summed E-state index contributed by atoms with van der Waals surface area (Å²) >= 11 is 0. The Morgan fingerprint density at radius 3 is 1.34 bits per heavy atom. The average molecular weight is 454 g/mol. The van der Waals surface area contributed by atoms with Crippen molar-refractivity contribution in [3.63, 3.8) is 0 Å². The van der Waals surface area contributed by atoms with Crippen LogP contribution in [0.2, 0.25) is 0 Å². The van der Waals surface area contributed by atoms with Crippen LogP contribution < -0.4 is 104 Å². The van der Waals surface area contributed by atoms with Gasteiger partial charge in [-0.3, -0.25) is 0 Å². The molecule has 29 heavy (non-hydrogen) atoms. The Morgan fingerprint density at radius 2 is 1.14 bits per heavy atom. The molecule has 0 aromatic heterocycles. The van der Waals surface area contributed by atoms with Gasteiger partial charge in [0.15, 0.2) is 5.60 Å².